The van der Waals surface area contributed by atoms with Gasteiger partial charge in [0.1, 0.15) is 25.3 Å². The summed E-state index contributed by atoms with van der Waals surface area (Å²) in [5, 5.41) is 8.44. The molecule has 5 amide bonds. The Kier molecular flexibility index (Phi) is 15.3. The second-order valence-corrected chi connectivity index (χ2v) is 19.2. The minimum Gasteiger partial charge on any atom is -0.493 e. The van der Waals surface area contributed by atoms with Crippen LogP contribution < -0.4 is 44.7 Å². The molecule has 4 aliphatic rings. The summed E-state index contributed by atoms with van der Waals surface area (Å²) >= 11 is 0. The van der Waals surface area contributed by atoms with E-state index in [1.807, 2.05) is 54.6 Å². The lowest BCUT2D eigenvalue weighted by atomic mass is 10.0. The van der Waals surface area contributed by atoms with Crippen molar-refractivity contribution in [2.45, 2.75) is 96.7 Å². The summed E-state index contributed by atoms with van der Waals surface area (Å²) in [6.45, 7) is 5.05. The maximum absolute atomic E-state index is 14.1. The van der Waals surface area contributed by atoms with E-state index in [2.05, 4.69) is 20.7 Å². The number of esters is 1. The number of carbonyl (C=O) groups is 6. The van der Waals surface area contributed by atoms with Crippen LogP contribution in [0.5, 0.6) is 23.0 Å². The molecule has 3 N–H and O–H groups in total. The Hall–Kier alpha value is -8.54. The summed E-state index contributed by atoms with van der Waals surface area (Å²) in [6, 6.07) is 25.1. The molecule has 0 bridgehead atoms. The summed E-state index contributed by atoms with van der Waals surface area (Å²) in [5.74, 6) is -1.22. The number of benzene rings is 5. The van der Waals surface area contributed by atoms with Gasteiger partial charge in [0.2, 0.25) is 17.7 Å². The first kappa shape index (κ1) is 51.4. The van der Waals surface area contributed by atoms with Crippen molar-refractivity contribution in [1.82, 2.24) is 10.6 Å². The molecule has 0 saturated heterocycles. The van der Waals surface area contributed by atoms with Gasteiger partial charge in [0.05, 0.1) is 55.9 Å². The summed E-state index contributed by atoms with van der Waals surface area (Å²) in [5.41, 5.74) is 6.97. The lowest BCUT2D eigenvalue weighted by molar-refractivity contribution is -0.140. The van der Waals surface area contributed by atoms with Crippen molar-refractivity contribution in [3.8, 4) is 23.0 Å². The number of nitrogens with one attached hydrogen (secondary N) is 3. The van der Waals surface area contributed by atoms with Gasteiger partial charge in [-0.3, -0.25) is 48.6 Å². The van der Waals surface area contributed by atoms with E-state index in [0.29, 0.717) is 88.0 Å². The maximum atomic E-state index is 14.1. The van der Waals surface area contributed by atoms with Crippen LogP contribution in [0.3, 0.4) is 0 Å². The fourth-order valence-electron chi connectivity index (χ4n) is 9.76. The average molecular weight is 1020 g/mol. The van der Waals surface area contributed by atoms with Crippen LogP contribution in [0.4, 0.5) is 28.4 Å². The van der Waals surface area contributed by atoms with E-state index in [4.69, 9.17) is 28.9 Å². The molecule has 18 heteroatoms. The Balaban J connectivity index is 0.945. The van der Waals surface area contributed by atoms with Gasteiger partial charge in [0.15, 0.2) is 23.0 Å². The number of rotatable bonds is 19. The fraction of sp³-hybridized carbons (Fsp3) is 0.333. The van der Waals surface area contributed by atoms with E-state index >= 15 is 0 Å². The zero-order chi connectivity index (χ0) is 52.9. The molecule has 5 aromatic rings. The van der Waals surface area contributed by atoms with Crippen molar-refractivity contribution >= 4 is 76.4 Å². The highest BCUT2D eigenvalue weighted by Crippen LogP contribution is 2.43. The van der Waals surface area contributed by atoms with E-state index in [1.165, 1.54) is 28.3 Å². The number of hydrogen-bond acceptors (Lipinski definition) is 13. The van der Waals surface area contributed by atoms with Crippen LogP contribution in [0.15, 0.2) is 101 Å². The van der Waals surface area contributed by atoms with Crippen molar-refractivity contribution < 1.29 is 52.5 Å². The minimum absolute atomic E-state index is 0.0316. The molecule has 388 valence electrons. The van der Waals surface area contributed by atoms with Gasteiger partial charge in [0, 0.05) is 67.3 Å². The van der Waals surface area contributed by atoms with E-state index in [0.717, 1.165) is 22.5 Å². The molecule has 0 aromatic heterocycles. The van der Waals surface area contributed by atoms with Crippen LogP contribution in [-0.2, 0) is 50.0 Å². The SMILES string of the molecule is COC(=O)CCCCC(=O)N[C@H](C(=O)N[C@@H](C)C(=O)Nc1cc(COc2cc3c(cc2OC)C(=O)N2c4ccccc4C[C@H]2C=N3)cc(COc2cc3c(cc2OC)C(=O)N2c4ccccc4C[C@H]2C=N3)c1)C(C)C. The minimum atomic E-state index is -1.04. The number of unbranched alkanes of at least 4 members (excludes halogenated alkanes) is 1. The molecule has 18 nitrogen and oxygen atoms in total. The molecule has 0 fully saturated rings. The number of anilines is 3. The number of amides is 5. The van der Waals surface area contributed by atoms with Crippen LogP contribution in [0.1, 0.15) is 89.4 Å². The Morgan fingerprint density at radius 3 is 1.63 bits per heavy atom. The van der Waals surface area contributed by atoms with Gasteiger partial charge in [0.25, 0.3) is 11.8 Å². The number of carbonyl (C=O) groups excluding carboxylic acids is 6. The van der Waals surface area contributed by atoms with Crippen molar-refractivity contribution in [3.63, 3.8) is 0 Å². The number of methoxy groups -OCH3 is 3. The molecular weight excluding hydrogens is 959 g/mol. The van der Waals surface area contributed by atoms with E-state index < -0.39 is 23.9 Å². The van der Waals surface area contributed by atoms with Gasteiger partial charge in [-0.25, -0.2) is 0 Å². The molecule has 5 aromatic carbocycles. The van der Waals surface area contributed by atoms with Crippen LogP contribution in [-0.4, -0.2) is 93.4 Å². The number of fused-ring (bicyclic) bond motifs is 8. The summed E-state index contributed by atoms with van der Waals surface area (Å²) in [4.78, 5) is 93.0. The average Bonchev–Trinajstić information content (AvgIpc) is 3.90. The molecule has 0 radical (unpaired) electrons. The van der Waals surface area contributed by atoms with Crippen molar-refractivity contribution in [2.75, 3.05) is 36.4 Å². The predicted octanol–water partition coefficient (Wildman–Crippen LogP) is 7.75. The van der Waals surface area contributed by atoms with Crippen LogP contribution >= 0.6 is 0 Å². The molecule has 0 aliphatic carbocycles. The van der Waals surface area contributed by atoms with Crippen molar-refractivity contribution in [2.24, 2.45) is 15.9 Å². The monoisotopic (exact) mass is 1020 g/mol. The fourth-order valence-corrected chi connectivity index (χ4v) is 9.76. The van der Waals surface area contributed by atoms with E-state index in [1.54, 1.807) is 72.5 Å². The van der Waals surface area contributed by atoms with Crippen LogP contribution in [0.25, 0.3) is 0 Å². The Morgan fingerprint density at radius 2 is 1.13 bits per heavy atom. The Labute approximate surface area is 434 Å². The molecule has 0 spiro atoms. The van der Waals surface area contributed by atoms with E-state index in [9.17, 15) is 28.8 Å². The normalized spacial score (nSPS) is 16.5. The first-order valence-electron chi connectivity index (χ1n) is 24.9. The van der Waals surface area contributed by atoms with Gasteiger partial charge in [-0.1, -0.05) is 50.2 Å². The van der Waals surface area contributed by atoms with Crippen LogP contribution in [0, 0.1) is 5.92 Å². The van der Waals surface area contributed by atoms with Gasteiger partial charge in [-0.15, -0.1) is 0 Å². The highest BCUT2D eigenvalue weighted by molar-refractivity contribution is 6.16. The number of nitrogens with zero attached hydrogens (tertiary/aromatic N) is 4. The number of para-hydroxylation sites is 2. The van der Waals surface area contributed by atoms with Crippen molar-refractivity contribution in [1.29, 1.82) is 0 Å². The number of hydrogen-bond donors (Lipinski definition) is 3. The van der Waals surface area contributed by atoms with Gasteiger partial charge >= 0.3 is 5.97 Å². The first-order valence-corrected chi connectivity index (χ1v) is 24.9. The molecule has 4 aliphatic heterocycles. The predicted molar refractivity (Wildman–Crippen MR) is 282 cm³/mol. The first-order chi connectivity index (χ1) is 36.2. The van der Waals surface area contributed by atoms with Gasteiger partial charge in [-0.05, 0) is 90.4 Å². The second-order valence-electron chi connectivity index (χ2n) is 19.2. The zero-order valence-corrected chi connectivity index (χ0v) is 42.6. The molecule has 75 heavy (non-hydrogen) atoms. The van der Waals surface area contributed by atoms with Crippen molar-refractivity contribution in [3.05, 3.63) is 124 Å². The largest absolute Gasteiger partial charge is 0.493 e. The maximum Gasteiger partial charge on any atom is 0.305 e. The van der Waals surface area contributed by atoms with Gasteiger partial charge < -0.3 is 39.6 Å². The smallest absolute Gasteiger partial charge is 0.305 e. The lowest BCUT2D eigenvalue weighted by Gasteiger charge is -2.24. The molecule has 4 atom stereocenters. The highest BCUT2D eigenvalue weighted by atomic mass is 16.5. The number of aliphatic imine (C=N–C) groups is 2. The Morgan fingerprint density at radius 1 is 0.627 bits per heavy atom. The third-order valence-electron chi connectivity index (χ3n) is 13.6. The molecular formula is C57H59N7O11. The quantitative estimate of drug-likeness (QED) is 0.0537. The standard InChI is InChI=1S/C57H59N7O11/c1-32(2)53(62-51(65)17-11-12-18-52(66)73-6)55(68)60-33(3)54(67)61-38-20-34(30-74-49-26-43-41(24-47(49)71-4)56(69)63-39(28-58-43)22-36-13-7-9-15-45(36)63)19-35(21-38)31-75-50-27-44-42(25-48(50)72-5)57(70)64-40(29-59-44)23-37-14-8-10-16-46(37)64/h7-10,13-16,19-21,24-29,32-33,39-40,53H,11-12,17-18,22-23,30-31H2,1-6H3,(H,60,68)(H,61,67)(H,62,65)/t33-,39-,40-,53-/m0/s1. The number of ether oxygens (including phenoxy) is 5. The zero-order valence-electron chi connectivity index (χ0n) is 42.6. The molecule has 9 rings (SSSR count). The molecule has 4 heterocycles. The highest BCUT2D eigenvalue weighted by Gasteiger charge is 2.38. The lowest BCUT2D eigenvalue weighted by Crippen LogP contribution is -2.53. The van der Waals surface area contributed by atoms with Gasteiger partial charge in [-0.2, -0.15) is 0 Å². The topological polar surface area (TPSA) is 216 Å². The third kappa shape index (κ3) is 11.0. The van der Waals surface area contributed by atoms with E-state index in [-0.39, 0.29) is 67.7 Å². The summed E-state index contributed by atoms with van der Waals surface area (Å²) in [6.07, 6.45) is 6.03. The third-order valence-corrected chi connectivity index (χ3v) is 13.6. The molecule has 0 unspecified atom stereocenters. The molecule has 0 saturated carbocycles. The van der Waals surface area contributed by atoms with Crippen LogP contribution in [0.2, 0.25) is 0 Å². The second kappa shape index (κ2) is 22.3. The Bertz CT molecular complexity index is 2970. The summed E-state index contributed by atoms with van der Waals surface area (Å²) < 4.78 is 29.1. The summed E-state index contributed by atoms with van der Waals surface area (Å²) in [7, 11) is 4.29.